The first-order valence-corrected chi connectivity index (χ1v) is 4.75. The molecule has 0 aliphatic heterocycles. The second-order valence-electron chi connectivity index (χ2n) is 3.21. The first-order valence-electron chi connectivity index (χ1n) is 4.75. The van der Waals surface area contributed by atoms with E-state index in [0.717, 1.165) is 0 Å². The molecule has 2 aromatic rings. The first-order chi connectivity index (χ1) is 8.20. The molecule has 0 radical (unpaired) electrons. The summed E-state index contributed by atoms with van der Waals surface area (Å²) in [6, 6.07) is 5.92. The first kappa shape index (κ1) is 11.0. The van der Waals surface area contributed by atoms with Crippen molar-refractivity contribution in [3.63, 3.8) is 0 Å². The number of aryl methyl sites for hydroxylation is 1. The van der Waals surface area contributed by atoms with Crippen LogP contribution in [0.2, 0.25) is 0 Å². The number of nitriles is 1. The highest BCUT2D eigenvalue weighted by atomic mass is 19.1. The fourth-order valence-corrected chi connectivity index (χ4v) is 1.26. The fourth-order valence-electron chi connectivity index (χ4n) is 1.26. The SMILES string of the molecule is Cn1nnc(COc2cccc(F)c2C#N)n1. The van der Waals surface area contributed by atoms with Crippen molar-refractivity contribution in [3.8, 4) is 11.8 Å². The van der Waals surface area contributed by atoms with Crippen molar-refractivity contribution in [3.05, 3.63) is 35.4 Å². The molecule has 1 aromatic carbocycles. The summed E-state index contributed by atoms with van der Waals surface area (Å²) >= 11 is 0. The molecule has 0 aliphatic carbocycles. The molecule has 0 fully saturated rings. The third-order valence-corrected chi connectivity index (χ3v) is 1.99. The van der Waals surface area contributed by atoms with Crippen molar-refractivity contribution < 1.29 is 9.13 Å². The van der Waals surface area contributed by atoms with Gasteiger partial charge in [-0.05, 0) is 17.3 Å². The number of hydrogen-bond donors (Lipinski definition) is 0. The molecule has 6 nitrogen and oxygen atoms in total. The molecule has 7 heteroatoms. The van der Waals surface area contributed by atoms with Gasteiger partial charge in [0, 0.05) is 0 Å². The Hall–Kier alpha value is -2.49. The van der Waals surface area contributed by atoms with Crippen LogP contribution in [0.4, 0.5) is 4.39 Å². The van der Waals surface area contributed by atoms with Gasteiger partial charge >= 0.3 is 0 Å². The number of tetrazole rings is 1. The molecular weight excluding hydrogens is 225 g/mol. The lowest BCUT2D eigenvalue weighted by Gasteiger charge is -2.05. The number of aromatic nitrogens is 4. The fraction of sp³-hybridized carbons (Fsp3) is 0.200. The summed E-state index contributed by atoms with van der Waals surface area (Å²) in [5.41, 5.74) is -0.128. The van der Waals surface area contributed by atoms with Gasteiger partial charge in [-0.1, -0.05) is 6.07 Å². The van der Waals surface area contributed by atoms with E-state index in [2.05, 4.69) is 15.4 Å². The van der Waals surface area contributed by atoms with Crippen molar-refractivity contribution in [1.82, 2.24) is 20.2 Å². The molecule has 0 amide bonds. The Morgan fingerprint density at radius 2 is 2.35 bits per heavy atom. The molecule has 1 aromatic heterocycles. The molecule has 1 heterocycles. The molecule has 0 saturated heterocycles. The molecule has 2 rings (SSSR count). The van der Waals surface area contributed by atoms with Crippen molar-refractivity contribution in [2.24, 2.45) is 7.05 Å². The van der Waals surface area contributed by atoms with E-state index in [-0.39, 0.29) is 17.9 Å². The molecular formula is C10H8FN5O. The van der Waals surface area contributed by atoms with Gasteiger partial charge in [0.05, 0.1) is 7.05 Å². The van der Waals surface area contributed by atoms with Gasteiger partial charge in [-0.2, -0.15) is 10.1 Å². The Morgan fingerprint density at radius 3 is 3.00 bits per heavy atom. The summed E-state index contributed by atoms with van der Waals surface area (Å²) in [6.07, 6.45) is 0. The normalized spacial score (nSPS) is 9.94. The van der Waals surface area contributed by atoms with Crippen LogP contribution in [-0.4, -0.2) is 20.2 Å². The maximum atomic E-state index is 13.2. The van der Waals surface area contributed by atoms with Gasteiger partial charge < -0.3 is 4.74 Å². The molecule has 0 saturated carbocycles. The predicted molar refractivity (Wildman–Crippen MR) is 54.2 cm³/mol. The number of nitrogens with zero attached hydrogens (tertiary/aromatic N) is 5. The highest BCUT2D eigenvalue weighted by Gasteiger charge is 2.10. The molecule has 17 heavy (non-hydrogen) atoms. The number of hydrogen-bond acceptors (Lipinski definition) is 5. The quantitative estimate of drug-likeness (QED) is 0.783. The van der Waals surface area contributed by atoms with Crippen LogP contribution < -0.4 is 4.74 Å². The van der Waals surface area contributed by atoms with Gasteiger partial charge in [0.2, 0.25) is 5.82 Å². The van der Waals surface area contributed by atoms with Gasteiger partial charge in [0.25, 0.3) is 0 Å². The van der Waals surface area contributed by atoms with Gasteiger partial charge in [0.1, 0.15) is 23.2 Å². The van der Waals surface area contributed by atoms with Crippen molar-refractivity contribution >= 4 is 0 Å². The van der Waals surface area contributed by atoms with E-state index >= 15 is 0 Å². The minimum absolute atomic E-state index is 0.0337. The van der Waals surface area contributed by atoms with E-state index in [1.807, 2.05) is 0 Å². The monoisotopic (exact) mass is 233 g/mol. The lowest BCUT2D eigenvalue weighted by Crippen LogP contribution is -2.01. The molecule has 0 bridgehead atoms. The maximum absolute atomic E-state index is 13.2. The Balaban J connectivity index is 2.14. The molecule has 0 aliphatic rings. The zero-order valence-electron chi connectivity index (χ0n) is 8.96. The number of rotatable bonds is 3. The van der Waals surface area contributed by atoms with Crippen LogP contribution in [0.3, 0.4) is 0 Å². The van der Waals surface area contributed by atoms with Gasteiger partial charge in [-0.3, -0.25) is 0 Å². The molecule has 0 unspecified atom stereocenters. The van der Waals surface area contributed by atoms with E-state index in [9.17, 15) is 4.39 Å². The van der Waals surface area contributed by atoms with Crippen molar-refractivity contribution in [2.45, 2.75) is 6.61 Å². The van der Waals surface area contributed by atoms with Crippen LogP contribution in [0.1, 0.15) is 11.4 Å². The van der Waals surface area contributed by atoms with Crippen molar-refractivity contribution in [1.29, 1.82) is 5.26 Å². The average Bonchev–Trinajstić information content (AvgIpc) is 2.72. The minimum Gasteiger partial charge on any atom is -0.484 e. The average molecular weight is 233 g/mol. The van der Waals surface area contributed by atoms with Crippen LogP contribution in [-0.2, 0) is 13.7 Å². The predicted octanol–water partition coefficient (Wildman–Crippen LogP) is 0.800. The van der Waals surface area contributed by atoms with Crippen LogP contribution in [0.15, 0.2) is 18.2 Å². The van der Waals surface area contributed by atoms with Crippen LogP contribution >= 0.6 is 0 Å². The molecule has 0 atom stereocenters. The zero-order valence-corrected chi connectivity index (χ0v) is 8.96. The Morgan fingerprint density at radius 1 is 1.53 bits per heavy atom. The topological polar surface area (TPSA) is 76.6 Å². The van der Waals surface area contributed by atoms with Gasteiger partial charge in [-0.15, -0.1) is 10.2 Å². The lowest BCUT2D eigenvalue weighted by molar-refractivity contribution is 0.293. The number of halogens is 1. The van der Waals surface area contributed by atoms with Crippen LogP contribution in [0.5, 0.6) is 5.75 Å². The summed E-state index contributed by atoms with van der Waals surface area (Å²) < 4.78 is 18.5. The van der Waals surface area contributed by atoms with Crippen molar-refractivity contribution in [2.75, 3.05) is 0 Å². The summed E-state index contributed by atoms with van der Waals surface area (Å²) in [6.45, 7) is 0.0337. The second kappa shape index (κ2) is 4.57. The third-order valence-electron chi connectivity index (χ3n) is 1.99. The Labute approximate surface area is 96.2 Å². The molecule has 0 N–H and O–H groups in total. The summed E-state index contributed by atoms with van der Waals surface area (Å²) in [5.74, 6) is -0.0855. The van der Waals surface area contributed by atoms with Gasteiger partial charge in [0.15, 0.2) is 6.61 Å². The zero-order chi connectivity index (χ0) is 12.3. The Kier molecular flexibility index (Phi) is 2.96. The maximum Gasteiger partial charge on any atom is 0.212 e. The molecule has 86 valence electrons. The third kappa shape index (κ3) is 2.36. The van der Waals surface area contributed by atoms with E-state index in [4.69, 9.17) is 10.00 Å². The van der Waals surface area contributed by atoms with E-state index in [0.29, 0.717) is 5.82 Å². The van der Waals surface area contributed by atoms with Crippen LogP contribution in [0, 0.1) is 17.1 Å². The highest BCUT2D eigenvalue weighted by molar-refractivity contribution is 5.43. The standard InChI is InChI=1S/C10H8FN5O/c1-16-14-10(13-15-16)6-17-9-4-2-3-8(11)7(9)5-12/h2-4H,6H2,1H3. The van der Waals surface area contributed by atoms with Crippen LogP contribution in [0.25, 0.3) is 0 Å². The number of ether oxygens (including phenoxy) is 1. The van der Waals surface area contributed by atoms with E-state index in [1.165, 1.54) is 23.0 Å². The minimum atomic E-state index is -0.614. The molecule has 0 spiro atoms. The summed E-state index contributed by atoms with van der Waals surface area (Å²) in [7, 11) is 1.62. The largest absolute Gasteiger partial charge is 0.484 e. The highest BCUT2D eigenvalue weighted by Crippen LogP contribution is 2.20. The Bertz CT molecular complexity index is 574. The van der Waals surface area contributed by atoms with Gasteiger partial charge in [-0.25, -0.2) is 4.39 Å². The summed E-state index contributed by atoms with van der Waals surface area (Å²) in [4.78, 5) is 1.29. The summed E-state index contributed by atoms with van der Waals surface area (Å²) in [5, 5.41) is 20.0. The number of benzene rings is 1. The van der Waals surface area contributed by atoms with E-state index in [1.54, 1.807) is 13.1 Å². The van der Waals surface area contributed by atoms with E-state index < -0.39 is 5.82 Å². The second-order valence-corrected chi connectivity index (χ2v) is 3.21. The lowest BCUT2D eigenvalue weighted by atomic mass is 10.2. The smallest absolute Gasteiger partial charge is 0.212 e.